The van der Waals surface area contributed by atoms with E-state index in [0.29, 0.717) is 9.79 Å². The van der Waals surface area contributed by atoms with Crippen molar-refractivity contribution in [3.05, 3.63) is 105 Å². The van der Waals surface area contributed by atoms with Crippen LogP contribution in [0.15, 0.2) is 93.7 Å². The Hall–Kier alpha value is -3.91. The number of rotatable bonds is 4. The van der Waals surface area contributed by atoms with Crippen LogP contribution in [0, 0.1) is 10.1 Å². The lowest BCUT2D eigenvalue weighted by Crippen LogP contribution is -2.57. The Morgan fingerprint density at radius 3 is 1.87 bits per heavy atom. The number of nitrogens with zero attached hydrogens (tertiary/aromatic N) is 1. The zero-order valence-corrected chi connectivity index (χ0v) is 24.7. The number of benzene rings is 3. The number of carbonyl (C=O) groups excluding carboxylic acids is 1. The molecule has 0 spiro atoms. The molecule has 1 fully saturated rings. The van der Waals surface area contributed by atoms with Crippen LogP contribution in [0.2, 0.25) is 0 Å². The van der Waals surface area contributed by atoms with Gasteiger partial charge < -0.3 is 9.47 Å². The minimum Gasteiger partial charge on any atom is -0.429 e. The number of hydrogen-bond acceptors (Lipinski definition) is 7. The molecule has 232 valence electrons. The molecule has 45 heavy (non-hydrogen) atoms. The van der Waals surface area contributed by atoms with Gasteiger partial charge in [-0.15, -0.1) is 23.5 Å². The van der Waals surface area contributed by atoms with Crippen molar-refractivity contribution >= 4 is 46.5 Å². The Morgan fingerprint density at radius 2 is 1.29 bits per heavy atom. The smallest absolute Gasteiger partial charge is 0.429 e. The van der Waals surface area contributed by atoms with E-state index in [1.807, 2.05) is 0 Å². The number of non-ortho nitro benzene ring substituents is 1. The first-order valence-electron chi connectivity index (χ1n) is 13.4. The SMILES string of the molecule is C[C@H](OC(=O)Oc1ccc([N+](=O)[O-])cc1)[C@@]12Sc3ccccc3C1=C1C(=C3c4ccccc4S[C@]32C)C(F)(F)C(F)(F)C1(F)F. The van der Waals surface area contributed by atoms with Gasteiger partial charge in [0.2, 0.25) is 0 Å². The van der Waals surface area contributed by atoms with Gasteiger partial charge >= 0.3 is 23.9 Å². The van der Waals surface area contributed by atoms with Gasteiger partial charge in [0, 0.05) is 33.1 Å². The van der Waals surface area contributed by atoms with Crippen molar-refractivity contribution in [2.45, 2.75) is 57.0 Å². The summed E-state index contributed by atoms with van der Waals surface area (Å²) in [5.41, 5.74) is -3.82. The fourth-order valence-electron chi connectivity index (χ4n) is 6.81. The molecule has 14 heteroatoms. The molecule has 2 aliphatic heterocycles. The van der Waals surface area contributed by atoms with Gasteiger partial charge in [0.25, 0.3) is 5.69 Å². The van der Waals surface area contributed by atoms with E-state index in [1.165, 1.54) is 38.1 Å². The maximum absolute atomic E-state index is 16.0. The first-order valence-corrected chi connectivity index (χ1v) is 15.1. The molecule has 4 aliphatic rings. The van der Waals surface area contributed by atoms with E-state index in [1.54, 1.807) is 24.3 Å². The maximum Gasteiger partial charge on any atom is 0.514 e. The van der Waals surface area contributed by atoms with E-state index in [9.17, 15) is 14.9 Å². The van der Waals surface area contributed by atoms with Crippen molar-refractivity contribution in [1.29, 1.82) is 0 Å². The highest BCUT2D eigenvalue weighted by Crippen LogP contribution is 2.78. The molecule has 0 bridgehead atoms. The van der Waals surface area contributed by atoms with E-state index in [0.717, 1.165) is 47.8 Å². The second kappa shape index (κ2) is 9.32. The number of nitro groups is 1. The summed E-state index contributed by atoms with van der Waals surface area (Å²) >= 11 is 2.03. The Bertz CT molecular complexity index is 1890. The standard InChI is InChI=1S/C31H19F6NO5S2/c1-15(42-26(39)43-17-13-11-16(12-14-17)38(40)41)28-23(19-8-4-6-10-21(19)45-28)25-24(29(32,33)31(36,37)30(25,34)35)22-18-7-3-5-9-20(18)44-27(22,28)2/h3-15H,1-2H3/t15-,27+,28+/m0/s1. The van der Waals surface area contributed by atoms with Crippen LogP contribution in [0.5, 0.6) is 5.75 Å². The maximum atomic E-state index is 16.0. The largest absolute Gasteiger partial charge is 0.514 e. The van der Waals surface area contributed by atoms with Gasteiger partial charge in [-0.05, 0) is 60.4 Å². The van der Waals surface area contributed by atoms with Crippen molar-refractivity contribution in [2.24, 2.45) is 0 Å². The van der Waals surface area contributed by atoms with Crippen molar-refractivity contribution in [3.8, 4) is 5.75 Å². The van der Waals surface area contributed by atoms with Gasteiger partial charge in [-0.1, -0.05) is 36.4 Å². The van der Waals surface area contributed by atoms with Gasteiger partial charge in [-0.2, -0.15) is 26.3 Å². The van der Waals surface area contributed by atoms with E-state index in [2.05, 4.69) is 0 Å². The number of alkyl halides is 6. The molecule has 0 N–H and O–H groups in total. The van der Waals surface area contributed by atoms with E-state index in [-0.39, 0.29) is 28.1 Å². The molecule has 0 amide bonds. The molecule has 0 unspecified atom stereocenters. The highest BCUT2D eigenvalue weighted by Gasteiger charge is 2.85. The van der Waals surface area contributed by atoms with E-state index < -0.39 is 61.2 Å². The molecule has 0 aromatic heterocycles. The lowest BCUT2D eigenvalue weighted by molar-refractivity contribution is -0.384. The van der Waals surface area contributed by atoms with Crippen LogP contribution in [0.1, 0.15) is 25.0 Å². The molecule has 3 aromatic rings. The fraction of sp³-hybridized carbons (Fsp3) is 0.258. The summed E-state index contributed by atoms with van der Waals surface area (Å²) in [4.78, 5) is 24.2. The molecule has 2 aliphatic carbocycles. The van der Waals surface area contributed by atoms with Gasteiger partial charge in [-0.25, -0.2) is 4.79 Å². The third kappa shape index (κ3) is 3.60. The molecule has 2 heterocycles. The highest BCUT2D eigenvalue weighted by atomic mass is 32.2. The summed E-state index contributed by atoms with van der Waals surface area (Å²) in [6.07, 6.45) is -2.74. The second-order valence-corrected chi connectivity index (χ2v) is 13.8. The fourth-order valence-corrected chi connectivity index (χ4v) is 10.3. The van der Waals surface area contributed by atoms with Gasteiger partial charge in [0.05, 0.1) is 9.67 Å². The molecule has 3 atom stereocenters. The van der Waals surface area contributed by atoms with Gasteiger partial charge in [-0.3, -0.25) is 10.1 Å². The Kier molecular flexibility index (Phi) is 6.17. The predicted molar refractivity (Wildman–Crippen MR) is 154 cm³/mol. The number of ether oxygens (including phenoxy) is 2. The van der Waals surface area contributed by atoms with E-state index in [4.69, 9.17) is 9.47 Å². The lowest BCUT2D eigenvalue weighted by atomic mass is 9.65. The van der Waals surface area contributed by atoms with Crippen LogP contribution in [-0.2, 0) is 4.74 Å². The average molecular weight is 664 g/mol. The molecular formula is C31H19F6NO5S2. The van der Waals surface area contributed by atoms with Gasteiger partial charge in [0.1, 0.15) is 16.6 Å². The summed E-state index contributed by atoms with van der Waals surface area (Å²) in [6, 6.07) is 16.7. The van der Waals surface area contributed by atoms with Crippen LogP contribution in [0.3, 0.4) is 0 Å². The summed E-state index contributed by atoms with van der Waals surface area (Å²) in [6.45, 7) is 2.89. The number of halogens is 6. The van der Waals surface area contributed by atoms with Crippen LogP contribution >= 0.6 is 23.5 Å². The minimum absolute atomic E-state index is 0.0548. The first kappa shape index (κ1) is 29.8. The number of carbonyl (C=O) groups is 1. The average Bonchev–Trinajstić information content (AvgIpc) is 3.52. The van der Waals surface area contributed by atoms with Crippen LogP contribution in [0.4, 0.5) is 36.8 Å². The Balaban J connectivity index is 1.45. The highest BCUT2D eigenvalue weighted by molar-refractivity contribution is 8.06. The zero-order valence-electron chi connectivity index (χ0n) is 23.1. The Labute approximate surface area is 259 Å². The minimum atomic E-state index is -5.76. The lowest BCUT2D eigenvalue weighted by Gasteiger charge is -2.51. The predicted octanol–water partition coefficient (Wildman–Crippen LogP) is 9.05. The molecule has 3 aromatic carbocycles. The molecule has 0 saturated heterocycles. The van der Waals surface area contributed by atoms with Crippen LogP contribution in [0.25, 0.3) is 11.1 Å². The third-order valence-corrected chi connectivity index (χ3v) is 12.2. The number of thioether (sulfide) groups is 2. The quantitative estimate of drug-likeness (QED) is 0.0906. The molecular weight excluding hydrogens is 644 g/mol. The second-order valence-electron chi connectivity index (χ2n) is 11.1. The number of fused-ring (bicyclic) bond motifs is 8. The topological polar surface area (TPSA) is 78.7 Å². The molecule has 0 radical (unpaired) electrons. The van der Waals surface area contributed by atoms with Crippen molar-refractivity contribution in [3.63, 3.8) is 0 Å². The van der Waals surface area contributed by atoms with Crippen molar-refractivity contribution in [1.82, 2.24) is 0 Å². The number of nitro benzene ring substituents is 1. The zero-order chi connectivity index (χ0) is 32.3. The number of allylic oxidation sites excluding steroid dienone is 2. The summed E-state index contributed by atoms with van der Waals surface area (Å²) in [5.74, 6) is -16.4. The van der Waals surface area contributed by atoms with Crippen LogP contribution < -0.4 is 4.74 Å². The monoisotopic (exact) mass is 663 g/mol. The first-order chi connectivity index (χ1) is 21.1. The summed E-state index contributed by atoms with van der Waals surface area (Å²) < 4.78 is 102. The van der Waals surface area contributed by atoms with Gasteiger partial charge in [0.15, 0.2) is 0 Å². The normalized spacial score (nSPS) is 26.8. The van der Waals surface area contributed by atoms with Crippen molar-refractivity contribution < 1.29 is 45.5 Å². The third-order valence-electron chi connectivity index (χ3n) is 8.72. The number of hydrogen-bond donors (Lipinski definition) is 0. The molecule has 1 saturated carbocycles. The molecule has 6 nitrogen and oxygen atoms in total. The van der Waals surface area contributed by atoms with Crippen molar-refractivity contribution in [2.75, 3.05) is 0 Å². The molecule has 7 rings (SSSR count). The summed E-state index contributed by atoms with van der Waals surface area (Å²) in [5, 5.41) is 11.0. The summed E-state index contributed by atoms with van der Waals surface area (Å²) in [7, 11) is 0. The Morgan fingerprint density at radius 1 is 0.778 bits per heavy atom. The van der Waals surface area contributed by atoms with Crippen LogP contribution in [-0.4, -0.2) is 44.4 Å². The van der Waals surface area contributed by atoms with E-state index >= 15 is 26.3 Å².